The molecule has 7 nitrogen and oxygen atoms in total. The van der Waals surface area contributed by atoms with Gasteiger partial charge in [0.15, 0.2) is 11.0 Å². The number of hydrogen-bond donors (Lipinski definition) is 2. The van der Waals surface area contributed by atoms with Gasteiger partial charge in [-0.3, -0.25) is 10.1 Å². The Kier molecular flexibility index (Phi) is 6.28. The van der Waals surface area contributed by atoms with Crippen LogP contribution >= 0.6 is 11.8 Å². The van der Waals surface area contributed by atoms with Crippen molar-refractivity contribution in [3.05, 3.63) is 59.4 Å². The van der Waals surface area contributed by atoms with Gasteiger partial charge in [-0.2, -0.15) is 0 Å². The third kappa shape index (κ3) is 5.20. The number of nitrogens with zero attached hydrogens (tertiary/aromatic N) is 3. The largest absolute Gasteiger partial charge is 0.325 e. The lowest BCUT2D eigenvalue weighted by molar-refractivity contribution is -0.117. The molecule has 9 heteroatoms. The molecule has 1 aromatic heterocycles. The zero-order valence-electron chi connectivity index (χ0n) is 16.2. The smallest absolute Gasteiger partial charge is 0.307 e. The number of nitrogens with one attached hydrogen (secondary N) is 2. The van der Waals surface area contributed by atoms with Crippen LogP contribution in [0.5, 0.6) is 0 Å². The number of hydrogen-bond acceptors (Lipinski definition) is 5. The van der Waals surface area contributed by atoms with E-state index in [2.05, 4.69) is 20.8 Å². The maximum atomic E-state index is 13.1. The van der Waals surface area contributed by atoms with Crippen LogP contribution in [-0.2, 0) is 11.8 Å². The van der Waals surface area contributed by atoms with Crippen molar-refractivity contribution in [2.45, 2.75) is 19.0 Å². The van der Waals surface area contributed by atoms with Crippen LogP contribution in [0.4, 0.5) is 14.9 Å². The van der Waals surface area contributed by atoms with Crippen molar-refractivity contribution in [2.24, 2.45) is 7.05 Å². The minimum absolute atomic E-state index is 0.00427. The fourth-order valence-electron chi connectivity index (χ4n) is 2.69. The van der Waals surface area contributed by atoms with E-state index in [0.29, 0.717) is 22.2 Å². The fourth-order valence-corrected chi connectivity index (χ4v) is 3.40. The predicted molar refractivity (Wildman–Crippen MR) is 110 cm³/mol. The first-order chi connectivity index (χ1) is 13.8. The highest BCUT2D eigenvalue weighted by atomic mass is 32.2. The first-order valence-electron chi connectivity index (χ1n) is 8.79. The molecule has 0 bridgehead atoms. The molecular formula is C20H20FN5O2S. The maximum Gasteiger partial charge on any atom is 0.325 e. The average Bonchev–Trinajstić information content (AvgIpc) is 3.03. The normalized spacial score (nSPS) is 10.6. The molecule has 3 amide bonds. The van der Waals surface area contributed by atoms with E-state index in [9.17, 15) is 14.0 Å². The number of halogens is 1. The second-order valence-corrected chi connectivity index (χ2v) is 7.42. The molecule has 29 heavy (non-hydrogen) atoms. The Balaban J connectivity index is 1.55. The summed E-state index contributed by atoms with van der Waals surface area (Å²) >= 11 is 1.15. The number of aromatic nitrogens is 3. The number of aryl methyl sites for hydroxylation is 2. The molecule has 0 aliphatic heterocycles. The van der Waals surface area contributed by atoms with Crippen LogP contribution < -0.4 is 10.6 Å². The molecule has 0 unspecified atom stereocenters. The van der Waals surface area contributed by atoms with Crippen LogP contribution in [0.25, 0.3) is 11.4 Å². The van der Waals surface area contributed by atoms with Crippen molar-refractivity contribution in [1.29, 1.82) is 0 Å². The van der Waals surface area contributed by atoms with E-state index in [-0.39, 0.29) is 11.6 Å². The van der Waals surface area contributed by atoms with E-state index >= 15 is 0 Å². The van der Waals surface area contributed by atoms with Crippen LogP contribution in [0, 0.1) is 19.7 Å². The number of urea groups is 1. The van der Waals surface area contributed by atoms with E-state index in [4.69, 9.17) is 0 Å². The molecule has 150 valence electrons. The van der Waals surface area contributed by atoms with Gasteiger partial charge in [-0.1, -0.05) is 29.5 Å². The van der Waals surface area contributed by atoms with E-state index in [1.807, 2.05) is 26.0 Å². The summed E-state index contributed by atoms with van der Waals surface area (Å²) in [6.07, 6.45) is 0. The summed E-state index contributed by atoms with van der Waals surface area (Å²) < 4.78 is 14.8. The summed E-state index contributed by atoms with van der Waals surface area (Å²) in [7, 11) is 1.76. The molecule has 1 heterocycles. The molecule has 0 saturated carbocycles. The minimum Gasteiger partial charge on any atom is -0.307 e. The van der Waals surface area contributed by atoms with Crippen molar-refractivity contribution in [3.8, 4) is 11.4 Å². The zero-order valence-corrected chi connectivity index (χ0v) is 17.0. The van der Waals surface area contributed by atoms with Gasteiger partial charge in [0.25, 0.3) is 0 Å². The van der Waals surface area contributed by atoms with Crippen molar-refractivity contribution < 1.29 is 14.0 Å². The topological polar surface area (TPSA) is 88.9 Å². The van der Waals surface area contributed by atoms with Gasteiger partial charge < -0.3 is 9.88 Å². The molecule has 0 fully saturated rings. The van der Waals surface area contributed by atoms with Crippen LogP contribution in [0.2, 0.25) is 0 Å². The second-order valence-electron chi connectivity index (χ2n) is 6.48. The average molecular weight is 413 g/mol. The predicted octanol–water partition coefficient (Wildman–Crippen LogP) is 3.68. The quantitative estimate of drug-likeness (QED) is 0.623. The molecular weight excluding hydrogens is 393 g/mol. The highest BCUT2D eigenvalue weighted by Gasteiger charge is 2.14. The van der Waals surface area contributed by atoms with Gasteiger partial charge >= 0.3 is 6.03 Å². The van der Waals surface area contributed by atoms with Crippen LogP contribution in [-0.4, -0.2) is 32.5 Å². The Labute approximate surface area is 171 Å². The van der Waals surface area contributed by atoms with Gasteiger partial charge in [-0.05, 0) is 49.7 Å². The molecule has 3 aromatic rings. The number of anilines is 1. The summed E-state index contributed by atoms with van der Waals surface area (Å²) in [5.41, 5.74) is 3.36. The highest BCUT2D eigenvalue weighted by Crippen LogP contribution is 2.22. The lowest BCUT2D eigenvalue weighted by Gasteiger charge is -2.09. The molecule has 0 aliphatic rings. The summed E-state index contributed by atoms with van der Waals surface area (Å²) in [5.74, 6) is -0.235. The second kappa shape index (κ2) is 8.87. The Hall–Kier alpha value is -3.20. The van der Waals surface area contributed by atoms with E-state index < -0.39 is 11.9 Å². The van der Waals surface area contributed by atoms with Gasteiger partial charge in [0, 0.05) is 18.3 Å². The van der Waals surface area contributed by atoms with Gasteiger partial charge in [-0.15, -0.1) is 10.2 Å². The minimum atomic E-state index is -0.590. The maximum absolute atomic E-state index is 13.1. The van der Waals surface area contributed by atoms with Gasteiger partial charge in [0.1, 0.15) is 5.82 Å². The number of carbonyl (C=O) groups excluding carboxylic acids is 2. The number of imide groups is 1. The third-order valence-electron chi connectivity index (χ3n) is 4.15. The van der Waals surface area contributed by atoms with Crippen molar-refractivity contribution >= 4 is 29.4 Å². The highest BCUT2D eigenvalue weighted by molar-refractivity contribution is 7.99. The number of carbonyl (C=O) groups is 2. The van der Waals surface area contributed by atoms with Crippen molar-refractivity contribution in [1.82, 2.24) is 20.1 Å². The number of rotatable bonds is 5. The number of amides is 3. The molecule has 3 rings (SSSR count). The monoisotopic (exact) mass is 413 g/mol. The fraction of sp³-hybridized carbons (Fsp3) is 0.200. The molecule has 0 saturated heterocycles. The molecule has 0 aliphatic carbocycles. The van der Waals surface area contributed by atoms with E-state index in [1.165, 1.54) is 12.1 Å². The van der Waals surface area contributed by atoms with Gasteiger partial charge in [0.05, 0.1) is 5.75 Å². The zero-order chi connectivity index (χ0) is 21.0. The lowest BCUT2D eigenvalue weighted by Crippen LogP contribution is -2.35. The number of benzene rings is 2. The Morgan fingerprint density at radius 3 is 2.52 bits per heavy atom. The molecule has 2 N–H and O–H groups in total. The van der Waals surface area contributed by atoms with Crippen LogP contribution in [0.15, 0.2) is 47.6 Å². The Morgan fingerprint density at radius 2 is 1.83 bits per heavy atom. The van der Waals surface area contributed by atoms with Gasteiger partial charge in [0.2, 0.25) is 5.91 Å². The Morgan fingerprint density at radius 1 is 1.10 bits per heavy atom. The third-order valence-corrected chi connectivity index (χ3v) is 5.17. The lowest BCUT2D eigenvalue weighted by atomic mass is 10.1. The standard InChI is InChI=1S/C20H20FN5O2S/c1-12-4-9-16(13(2)10-12)22-19(28)23-17(27)11-29-20-25-24-18(26(20)3)14-5-7-15(21)8-6-14/h4-10H,11H2,1-3H3,(H2,22,23,27,28). The molecule has 0 spiro atoms. The summed E-state index contributed by atoms with van der Waals surface area (Å²) in [5, 5.41) is 13.6. The summed E-state index contributed by atoms with van der Waals surface area (Å²) in [6, 6.07) is 10.9. The van der Waals surface area contributed by atoms with Crippen molar-refractivity contribution in [3.63, 3.8) is 0 Å². The first-order valence-corrected chi connectivity index (χ1v) is 9.78. The van der Waals surface area contributed by atoms with E-state index in [0.717, 1.165) is 22.9 Å². The number of thioether (sulfide) groups is 1. The van der Waals surface area contributed by atoms with Gasteiger partial charge in [-0.25, -0.2) is 9.18 Å². The molecule has 0 atom stereocenters. The van der Waals surface area contributed by atoms with Crippen molar-refractivity contribution in [2.75, 3.05) is 11.1 Å². The van der Waals surface area contributed by atoms with Crippen LogP contribution in [0.1, 0.15) is 11.1 Å². The summed E-state index contributed by atoms with van der Waals surface area (Å²) in [6.45, 7) is 3.85. The summed E-state index contributed by atoms with van der Waals surface area (Å²) in [4.78, 5) is 24.1. The van der Waals surface area contributed by atoms with Crippen LogP contribution in [0.3, 0.4) is 0 Å². The van der Waals surface area contributed by atoms with E-state index in [1.54, 1.807) is 29.8 Å². The Bertz CT molecular complexity index is 1050. The molecule has 2 aromatic carbocycles. The SMILES string of the molecule is Cc1ccc(NC(=O)NC(=O)CSc2nnc(-c3ccc(F)cc3)n2C)c(C)c1. The first kappa shape index (κ1) is 20.5. The molecule has 0 radical (unpaired) electrons.